The van der Waals surface area contributed by atoms with Crippen molar-refractivity contribution >= 4 is 24.2 Å². The van der Waals surface area contributed by atoms with E-state index in [1.165, 1.54) is 0 Å². The lowest BCUT2D eigenvalue weighted by Gasteiger charge is -2.19. The summed E-state index contributed by atoms with van der Waals surface area (Å²) in [7, 11) is 0. The van der Waals surface area contributed by atoms with Crippen molar-refractivity contribution < 1.29 is 4.74 Å². The number of rotatable bonds is 5. The number of hydrogen-bond acceptors (Lipinski definition) is 2. The summed E-state index contributed by atoms with van der Waals surface area (Å²) in [5, 5.41) is 0.749. The van der Waals surface area contributed by atoms with Gasteiger partial charge in [0.15, 0.2) is 0 Å². The number of aryl methyl sites for hydroxylation is 1. The van der Waals surface area contributed by atoms with Gasteiger partial charge in [-0.25, -0.2) is 0 Å². The van der Waals surface area contributed by atoms with E-state index in [2.05, 4.69) is 26.5 Å². The Hall–Kier alpha value is -0.340. The molecule has 0 heterocycles. The Morgan fingerprint density at radius 2 is 2.06 bits per heavy atom. The summed E-state index contributed by atoms with van der Waals surface area (Å²) < 4.78 is 5.80. The van der Waals surface area contributed by atoms with Gasteiger partial charge >= 0.3 is 0 Å². The van der Waals surface area contributed by atoms with Crippen molar-refractivity contribution in [2.24, 2.45) is 11.8 Å². The maximum Gasteiger partial charge on any atom is 0.122 e. The Balaban J connectivity index is 2.60. The highest BCUT2D eigenvalue weighted by molar-refractivity contribution is 7.80. The summed E-state index contributed by atoms with van der Waals surface area (Å²) in [5.74, 6) is 2.84. The molecule has 0 amide bonds. The molecule has 1 aromatic carbocycles. The molecule has 1 nitrogen and oxygen atoms in total. The minimum absolute atomic E-state index is 0.485. The molecule has 16 heavy (non-hydrogen) atoms. The van der Waals surface area contributed by atoms with Crippen molar-refractivity contribution in [2.45, 2.75) is 20.8 Å². The van der Waals surface area contributed by atoms with Gasteiger partial charge in [0.05, 0.1) is 6.61 Å². The second-order valence-corrected chi connectivity index (χ2v) is 5.21. The first kappa shape index (κ1) is 13.7. The molecular weight excluding hydrogens is 240 g/mol. The lowest BCUT2D eigenvalue weighted by atomic mass is 9.99. The molecule has 1 atom stereocenters. The average molecular weight is 259 g/mol. The van der Waals surface area contributed by atoms with Gasteiger partial charge in [-0.2, -0.15) is 12.6 Å². The molecule has 0 saturated carbocycles. The van der Waals surface area contributed by atoms with Crippen LogP contribution in [0, 0.1) is 18.8 Å². The van der Waals surface area contributed by atoms with E-state index in [1.54, 1.807) is 0 Å². The Morgan fingerprint density at radius 1 is 1.38 bits per heavy atom. The summed E-state index contributed by atoms with van der Waals surface area (Å²) in [5.41, 5.74) is 1.08. The van der Waals surface area contributed by atoms with Gasteiger partial charge in [-0.15, -0.1) is 0 Å². The molecule has 0 fully saturated rings. The highest BCUT2D eigenvalue weighted by Gasteiger charge is 2.12. The fourth-order valence-corrected chi connectivity index (χ4v) is 2.18. The van der Waals surface area contributed by atoms with Crippen LogP contribution >= 0.6 is 24.2 Å². The van der Waals surface area contributed by atoms with Crippen LogP contribution in [-0.4, -0.2) is 12.4 Å². The van der Waals surface area contributed by atoms with Gasteiger partial charge in [0.2, 0.25) is 0 Å². The van der Waals surface area contributed by atoms with E-state index >= 15 is 0 Å². The molecule has 1 aromatic rings. The van der Waals surface area contributed by atoms with Gasteiger partial charge < -0.3 is 4.74 Å². The summed E-state index contributed by atoms with van der Waals surface area (Å²) in [6.45, 7) is 7.11. The molecule has 0 radical (unpaired) electrons. The first-order valence-electron chi connectivity index (χ1n) is 5.54. The highest BCUT2D eigenvalue weighted by atomic mass is 35.5. The number of hydrogen-bond donors (Lipinski definition) is 1. The van der Waals surface area contributed by atoms with Crippen LogP contribution < -0.4 is 4.74 Å². The second kappa shape index (κ2) is 6.41. The van der Waals surface area contributed by atoms with Crippen LogP contribution in [0.4, 0.5) is 0 Å². The minimum Gasteiger partial charge on any atom is -0.493 e. The van der Waals surface area contributed by atoms with Crippen LogP contribution in [0.2, 0.25) is 5.02 Å². The van der Waals surface area contributed by atoms with Crippen LogP contribution in [0.25, 0.3) is 0 Å². The van der Waals surface area contributed by atoms with Crippen LogP contribution in [0.1, 0.15) is 19.4 Å². The van der Waals surface area contributed by atoms with Gasteiger partial charge in [-0.05, 0) is 42.4 Å². The van der Waals surface area contributed by atoms with Gasteiger partial charge in [-0.1, -0.05) is 25.4 Å². The van der Waals surface area contributed by atoms with Crippen molar-refractivity contribution in [3.8, 4) is 5.75 Å². The second-order valence-electron chi connectivity index (χ2n) is 4.41. The van der Waals surface area contributed by atoms with Crippen molar-refractivity contribution in [2.75, 3.05) is 12.4 Å². The van der Waals surface area contributed by atoms with Gasteiger partial charge in [0.1, 0.15) is 5.75 Å². The number of halogens is 1. The number of thiol groups is 1. The summed E-state index contributed by atoms with van der Waals surface area (Å²) in [6, 6.07) is 5.70. The Labute approximate surface area is 109 Å². The first-order chi connectivity index (χ1) is 7.54. The summed E-state index contributed by atoms with van der Waals surface area (Å²) >= 11 is 10.2. The molecule has 0 bridgehead atoms. The third-order valence-corrected chi connectivity index (χ3v) is 3.47. The molecule has 1 unspecified atom stereocenters. The molecule has 0 aliphatic carbocycles. The van der Waals surface area contributed by atoms with Crippen LogP contribution in [0.15, 0.2) is 18.2 Å². The topological polar surface area (TPSA) is 9.23 Å². The zero-order valence-electron chi connectivity index (χ0n) is 10.0. The van der Waals surface area contributed by atoms with E-state index in [1.807, 2.05) is 25.1 Å². The third kappa shape index (κ3) is 3.91. The predicted molar refractivity (Wildman–Crippen MR) is 73.9 cm³/mol. The predicted octanol–water partition coefficient (Wildman–Crippen LogP) is 4.23. The quantitative estimate of drug-likeness (QED) is 0.778. The maximum atomic E-state index is 5.89. The summed E-state index contributed by atoms with van der Waals surface area (Å²) in [6.07, 6.45) is 0. The Bertz CT molecular complexity index is 339. The van der Waals surface area contributed by atoms with Crippen molar-refractivity contribution in [1.82, 2.24) is 0 Å². The van der Waals surface area contributed by atoms with Gasteiger partial charge in [0, 0.05) is 10.9 Å². The summed E-state index contributed by atoms with van der Waals surface area (Å²) in [4.78, 5) is 0. The fraction of sp³-hybridized carbons (Fsp3) is 0.538. The van der Waals surface area contributed by atoms with Crippen molar-refractivity contribution in [1.29, 1.82) is 0 Å². The largest absolute Gasteiger partial charge is 0.493 e. The van der Waals surface area contributed by atoms with Crippen molar-refractivity contribution in [3.05, 3.63) is 28.8 Å². The van der Waals surface area contributed by atoms with E-state index < -0.39 is 0 Å². The molecule has 0 N–H and O–H groups in total. The lowest BCUT2D eigenvalue weighted by Crippen LogP contribution is -2.19. The number of ether oxygens (including phenoxy) is 1. The SMILES string of the molecule is Cc1cc(Cl)ccc1OCC(CS)C(C)C. The Kier molecular flexibility index (Phi) is 5.50. The molecule has 1 rings (SSSR count). The molecule has 0 aliphatic heterocycles. The van der Waals surface area contributed by atoms with E-state index in [0.29, 0.717) is 18.4 Å². The number of benzene rings is 1. The first-order valence-corrected chi connectivity index (χ1v) is 6.55. The van der Waals surface area contributed by atoms with E-state index in [-0.39, 0.29) is 0 Å². The molecule has 90 valence electrons. The lowest BCUT2D eigenvalue weighted by molar-refractivity contribution is 0.226. The zero-order valence-corrected chi connectivity index (χ0v) is 11.7. The Morgan fingerprint density at radius 3 is 2.56 bits per heavy atom. The van der Waals surface area contributed by atoms with E-state index in [4.69, 9.17) is 16.3 Å². The highest BCUT2D eigenvalue weighted by Crippen LogP contribution is 2.23. The maximum absolute atomic E-state index is 5.89. The molecule has 0 spiro atoms. The van der Waals surface area contributed by atoms with Gasteiger partial charge in [-0.3, -0.25) is 0 Å². The molecule has 0 aliphatic rings. The standard InChI is InChI=1S/C13H19ClOS/c1-9(2)11(8-16)7-15-13-5-4-12(14)6-10(13)3/h4-6,9,11,16H,7-8H2,1-3H3. The van der Waals surface area contributed by atoms with Crippen LogP contribution in [0.5, 0.6) is 5.75 Å². The minimum atomic E-state index is 0.485. The molecule has 0 aromatic heterocycles. The average Bonchev–Trinajstić information content (AvgIpc) is 2.21. The molecule has 0 saturated heterocycles. The molecular formula is C13H19ClOS. The van der Waals surface area contributed by atoms with Gasteiger partial charge in [0.25, 0.3) is 0 Å². The third-order valence-electron chi connectivity index (χ3n) is 2.77. The van der Waals surface area contributed by atoms with E-state index in [9.17, 15) is 0 Å². The van der Waals surface area contributed by atoms with Crippen molar-refractivity contribution in [3.63, 3.8) is 0 Å². The van der Waals surface area contributed by atoms with Crippen LogP contribution in [-0.2, 0) is 0 Å². The van der Waals surface area contributed by atoms with E-state index in [0.717, 1.165) is 22.1 Å². The fourth-order valence-electron chi connectivity index (χ4n) is 1.43. The smallest absolute Gasteiger partial charge is 0.122 e. The normalized spacial score (nSPS) is 12.9. The zero-order chi connectivity index (χ0) is 12.1. The molecule has 3 heteroatoms. The monoisotopic (exact) mass is 258 g/mol. The van der Waals surface area contributed by atoms with Crippen LogP contribution in [0.3, 0.4) is 0 Å².